The number of hydrogen-bond donors (Lipinski definition) is 0. The van der Waals surface area contributed by atoms with Gasteiger partial charge < -0.3 is 19.4 Å². The first-order chi connectivity index (χ1) is 34.3. The summed E-state index contributed by atoms with van der Waals surface area (Å²) in [5.74, 6) is -0.892. The molecule has 0 spiro atoms. The zero-order chi connectivity index (χ0) is 49.3. The zero-order valence-electron chi connectivity index (χ0n) is 41.2. The summed E-state index contributed by atoms with van der Waals surface area (Å²) < 4.78 is 39.7. The number of nitriles is 1. The molecule has 10 aromatic rings. The van der Waals surface area contributed by atoms with Crippen LogP contribution >= 0.6 is 0 Å². The third-order valence-electron chi connectivity index (χ3n) is 12.1. The van der Waals surface area contributed by atoms with Crippen molar-refractivity contribution in [2.45, 2.75) is 52.3 Å². The van der Waals surface area contributed by atoms with Crippen molar-refractivity contribution in [3.63, 3.8) is 0 Å². The van der Waals surface area contributed by atoms with Gasteiger partial charge in [-0.3, -0.25) is 4.85 Å². The van der Waals surface area contributed by atoms with Crippen LogP contribution in [0.1, 0.15) is 64.3 Å². The van der Waals surface area contributed by atoms with Crippen LogP contribution in [0.4, 0.5) is 5.69 Å². The third kappa shape index (κ3) is 9.26. The molecule has 0 aliphatic carbocycles. The fraction of sp³-hybridized carbons (Fsp3) is 0.133. The normalized spacial score (nSPS) is 12.3. The number of pyridine rings is 4. The first-order valence-corrected chi connectivity index (χ1v) is 22.0. The van der Waals surface area contributed by atoms with Gasteiger partial charge in [0.25, 0.3) is 0 Å². The maximum absolute atomic E-state index is 10.3. The Morgan fingerprint density at radius 2 is 1.38 bits per heavy atom. The Balaban J connectivity index is 0.00000640. The van der Waals surface area contributed by atoms with Crippen LogP contribution < -0.4 is 0 Å². The molecule has 0 saturated heterocycles. The van der Waals surface area contributed by atoms with Crippen LogP contribution in [0.3, 0.4) is 0 Å². The van der Waals surface area contributed by atoms with Crippen molar-refractivity contribution in [1.29, 1.82) is 5.26 Å². The summed E-state index contributed by atoms with van der Waals surface area (Å²) in [6.07, 6.45) is 7.59. The first kappa shape index (κ1) is 40.4. The summed E-state index contributed by atoms with van der Waals surface area (Å²) in [6.45, 7) is 9.28. The van der Waals surface area contributed by atoms with Crippen LogP contribution in [-0.4, -0.2) is 19.9 Å². The molecule has 0 atom stereocenters. The van der Waals surface area contributed by atoms with Crippen molar-refractivity contribution in [3.8, 4) is 62.1 Å². The van der Waals surface area contributed by atoms with Gasteiger partial charge in [0.2, 0.25) is 5.71 Å². The summed E-state index contributed by atoms with van der Waals surface area (Å²) in [5, 5.41) is 11.7. The van der Waals surface area contributed by atoms with Crippen LogP contribution in [-0.2, 0) is 45.8 Å². The molecule has 0 saturated carbocycles. The van der Waals surface area contributed by atoms with E-state index >= 15 is 0 Å². The van der Waals surface area contributed by atoms with Crippen molar-refractivity contribution in [3.05, 3.63) is 221 Å². The number of hydrogen-bond acceptors (Lipinski definition) is 6. The van der Waals surface area contributed by atoms with Crippen molar-refractivity contribution in [2.75, 3.05) is 0 Å². The molecule has 0 amide bonds. The average molecular weight is 1060 g/mol. The summed E-state index contributed by atoms with van der Waals surface area (Å²) in [5.41, 5.74) is 14.1. The van der Waals surface area contributed by atoms with Crippen LogP contribution in [0, 0.1) is 43.0 Å². The van der Waals surface area contributed by atoms with Gasteiger partial charge in [-0.25, -0.2) is 4.98 Å². The predicted molar refractivity (Wildman–Crippen MR) is 266 cm³/mol. The Hall–Kier alpha value is -7.87. The van der Waals surface area contributed by atoms with Crippen molar-refractivity contribution in [1.82, 2.24) is 19.9 Å². The molecule has 328 valence electrons. The molecule has 0 bridgehead atoms. The van der Waals surface area contributed by atoms with E-state index in [1.807, 2.05) is 105 Å². The largest absolute Gasteiger partial charge is 3.00 e. The van der Waals surface area contributed by atoms with E-state index in [1.165, 1.54) is 6.07 Å². The predicted octanol–water partition coefficient (Wildman–Crippen LogP) is 14.3. The Labute approximate surface area is 416 Å². The van der Waals surface area contributed by atoms with E-state index in [1.54, 1.807) is 24.7 Å². The second-order valence-corrected chi connectivity index (χ2v) is 16.6. The SMILES string of the molecule is [2H]C([2H])([2H])c1ccc2c(n1)oc1c(-c3cc(C([2H])(C)C)ccn3)[c-]cc(-c3ccccc3-c3cc(CCc4c[c-]c(-c5ccccn5)cc4C#N)cc(CCc4c[c-]c(-c5ccccn5)cc4[N+]#[C-])c3)c12.[Ir+3]. The van der Waals surface area contributed by atoms with Crippen LogP contribution in [0.25, 0.3) is 82.9 Å². The monoisotopic (exact) mass is 1060 g/mol. The Bertz CT molecular complexity index is 3600. The molecular formula is C60H43IrN6O. The molecule has 0 radical (unpaired) electrons. The molecule has 8 heteroatoms. The van der Waals surface area contributed by atoms with Gasteiger partial charge >= 0.3 is 20.1 Å². The molecule has 7 nitrogen and oxygen atoms in total. The number of nitrogens with zero attached hydrogens (tertiary/aromatic N) is 6. The Morgan fingerprint density at radius 3 is 2.06 bits per heavy atom. The van der Waals surface area contributed by atoms with Gasteiger partial charge in [-0.05, 0) is 106 Å². The van der Waals surface area contributed by atoms with Gasteiger partial charge in [0.05, 0.1) is 18.2 Å². The molecule has 0 aliphatic heterocycles. The van der Waals surface area contributed by atoms with E-state index in [0.717, 1.165) is 78.0 Å². The molecule has 5 aromatic heterocycles. The average Bonchev–Trinajstić information content (AvgIpc) is 3.78. The summed E-state index contributed by atoms with van der Waals surface area (Å²) in [6, 6.07) is 55.2. The quantitative estimate of drug-likeness (QED) is 0.113. The van der Waals surface area contributed by atoms with Gasteiger partial charge in [-0.2, -0.15) is 11.3 Å². The molecule has 5 aromatic carbocycles. The fourth-order valence-corrected chi connectivity index (χ4v) is 8.71. The standard InChI is InChI=1S/C60H43N6O.Ir/c1-38(2)44-27-30-65-57(35-44)52-26-25-51(58-53-24-15-39(3)66-60(53)67-59(52)58)50-12-6-5-11-49(50)47-32-40(16-18-42-20-22-45(34-48(42)37-61)54-13-7-9-28-63-54)31-41(33-47)17-19-43-21-23-46(36-56(43)62-4)55-14-8-10-29-64-55;/h5-15,20-21,24-25,27-36,38H,16-19H2,1-3H3;/q-3;+3/i3D3,38D;. The summed E-state index contributed by atoms with van der Waals surface area (Å²) in [7, 11) is 0. The summed E-state index contributed by atoms with van der Waals surface area (Å²) in [4.78, 5) is 22.1. The first-order valence-electron chi connectivity index (χ1n) is 24.0. The Morgan fingerprint density at radius 1 is 0.706 bits per heavy atom. The molecule has 0 fully saturated rings. The van der Waals surface area contributed by atoms with E-state index in [4.69, 9.17) is 21.5 Å². The van der Waals surface area contributed by atoms with Crippen molar-refractivity contribution in [2.24, 2.45) is 0 Å². The minimum absolute atomic E-state index is 0. The topological polar surface area (TPSA) is 92.8 Å². The maximum atomic E-state index is 10.3. The fourth-order valence-electron chi connectivity index (χ4n) is 8.71. The van der Waals surface area contributed by atoms with Gasteiger partial charge in [0, 0.05) is 35.2 Å². The van der Waals surface area contributed by atoms with Gasteiger partial charge in [-0.1, -0.05) is 122 Å². The van der Waals surface area contributed by atoms with Crippen LogP contribution in [0.2, 0.25) is 0 Å². The number of rotatable bonds is 12. The van der Waals surface area contributed by atoms with Gasteiger partial charge in [0.1, 0.15) is 5.69 Å². The maximum Gasteiger partial charge on any atom is 3.00 e. The second-order valence-electron chi connectivity index (χ2n) is 16.6. The number of benzene rings is 5. The Kier molecular flexibility index (Phi) is 11.8. The molecule has 68 heavy (non-hydrogen) atoms. The summed E-state index contributed by atoms with van der Waals surface area (Å²) >= 11 is 0. The zero-order valence-corrected chi connectivity index (χ0v) is 39.6. The number of fused-ring (bicyclic) bond motifs is 3. The second kappa shape index (κ2) is 19.9. The van der Waals surface area contributed by atoms with E-state index in [-0.39, 0.29) is 31.5 Å². The minimum Gasteiger partial charge on any atom is -0.486 e. The smallest absolute Gasteiger partial charge is 0.486 e. The van der Waals surface area contributed by atoms with Crippen LogP contribution in [0.15, 0.2) is 156 Å². The molecule has 0 unspecified atom stereocenters. The van der Waals surface area contributed by atoms with E-state index in [0.29, 0.717) is 59.2 Å². The third-order valence-corrected chi connectivity index (χ3v) is 12.1. The van der Waals surface area contributed by atoms with Crippen molar-refractivity contribution < 1.29 is 30.0 Å². The van der Waals surface area contributed by atoms with E-state index < -0.39 is 12.7 Å². The number of aromatic nitrogens is 4. The van der Waals surface area contributed by atoms with Crippen LogP contribution in [0.5, 0.6) is 0 Å². The molecule has 0 aliphatic rings. The number of aryl methyl sites for hydroxylation is 5. The van der Waals surface area contributed by atoms with E-state index in [2.05, 4.69) is 74.4 Å². The number of furan rings is 1. The van der Waals surface area contributed by atoms with E-state index in [9.17, 15) is 5.26 Å². The van der Waals surface area contributed by atoms with Gasteiger partial charge in [0.15, 0.2) is 0 Å². The molecule has 10 rings (SSSR count). The molecule has 0 N–H and O–H groups in total. The minimum atomic E-state index is -2.45. The van der Waals surface area contributed by atoms with Crippen molar-refractivity contribution >= 4 is 27.8 Å². The molecule has 5 heterocycles. The molecular weight excluding hydrogens is 1010 g/mol. The van der Waals surface area contributed by atoms with Gasteiger partial charge in [-0.15, -0.1) is 64.7 Å².